The molecule has 0 aromatic rings. The van der Waals surface area contributed by atoms with Crippen LogP contribution in [0.15, 0.2) is 12.2 Å². The fraction of sp³-hybridized carbons (Fsp3) is 0.818. The molecule has 0 bridgehead atoms. The normalized spacial score (nSPS) is 12.1. The van der Waals surface area contributed by atoms with Crippen molar-refractivity contribution in [3.63, 3.8) is 0 Å². The molecule has 3 heteroatoms. The van der Waals surface area contributed by atoms with E-state index in [2.05, 4.69) is 23.5 Å². The molecule has 0 radical (unpaired) electrons. The average molecular weight is 356 g/mol. The van der Waals surface area contributed by atoms with Crippen LogP contribution in [0.1, 0.15) is 103 Å². The van der Waals surface area contributed by atoms with Gasteiger partial charge in [-0.3, -0.25) is 0 Å². The van der Waals surface area contributed by atoms with Gasteiger partial charge in [0.1, 0.15) is 0 Å². The third-order valence-electron chi connectivity index (χ3n) is 4.60. The second kappa shape index (κ2) is 21.2. The molecule has 0 aliphatic rings. The van der Waals surface area contributed by atoms with E-state index in [4.69, 9.17) is 0 Å². The van der Waals surface area contributed by atoms with Crippen LogP contribution in [0.4, 0.5) is 0 Å². The summed E-state index contributed by atoms with van der Waals surface area (Å²) in [6.45, 7) is 2.28. The molecule has 0 aliphatic heterocycles. The second-order valence-electron chi connectivity index (χ2n) is 6.94. The van der Waals surface area contributed by atoms with E-state index in [-0.39, 0.29) is 19.4 Å². The summed E-state index contributed by atoms with van der Waals surface area (Å²) in [5.41, 5.74) is 3.75. The molecule has 150 valence electrons. The van der Waals surface area contributed by atoms with Crippen molar-refractivity contribution in [2.24, 2.45) is 0 Å². The van der Waals surface area contributed by atoms with Crippen LogP contribution in [0.3, 0.4) is 0 Å². The Bertz CT molecular complexity index is 302. The maximum Gasteiger partial charge on any atom is 0.368 e. The van der Waals surface area contributed by atoms with Gasteiger partial charge in [0.25, 0.3) is 0 Å². The Kier molecular flexibility index (Phi) is 22.4. The van der Waals surface area contributed by atoms with Gasteiger partial charge in [0, 0.05) is 0 Å². The van der Waals surface area contributed by atoms with E-state index in [9.17, 15) is 4.79 Å². The lowest BCUT2D eigenvalue weighted by molar-refractivity contribution is -0.392. The van der Waals surface area contributed by atoms with Crippen LogP contribution >= 0.6 is 0 Å². The molecular formula is C22H45NO2. The molecule has 1 unspecified atom stereocenters. The van der Waals surface area contributed by atoms with Gasteiger partial charge in [-0.1, -0.05) is 96.5 Å². The van der Waals surface area contributed by atoms with Crippen molar-refractivity contribution in [1.82, 2.24) is 0 Å². The van der Waals surface area contributed by atoms with Gasteiger partial charge in [-0.2, -0.15) is 0 Å². The Labute approximate surface area is 157 Å². The number of unbranched alkanes of at least 4 members (excludes halogenated alkanes) is 14. The zero-order valence-electron chi connectivity index (χ0n) is 17.4. The highest BCUT2D eigenvalue weighted by molar-refractivity contribution is 5.75. The maximum atomic E-state index is 11.2. The standard InChI is InChI=1S/C21H41NO2.CH3/c1-3-4-5-6-7-8-9-10-11-12-13-14-15-16-17-18-19-20(22)21(23)24-2;/h18-20H,3-17,22H2,1-2H3;1H3/q;-1/p+1/b19-18+;. The summed E-state index contributed by atoms with van der Waals surface area (Å²) >= 11 is 0. The molecule has 0 saturated carbocycles. The lowest BCUT2D eigenvalue weighted by atomic mass is 10.0. The Hall–Kier alpha value is -0.830. The number of hydrogen-bond acceptors (Lipinski definition) is 2. The molecule has 0 saturated heterocycles. The summed E-state index contributed by atoms with van der Waals surface area (Å²) in [5, 5.41) is 0. The van der Waals surface area contributed by atoms with E-state index >= 15 is 0 Å². The number of rotatable bonds is 17. The summed E-state index contributed by atoms with van der Waals surface area (Å²) in [6, 6.07) is -0.360. The quantitative estimate of drug-likeness (QED) is 0.159. The van der Waals surface area contributed by atoms with Crippen LogP contribution in [0.2, 0.25) is 0 Å². The van der Waals surface area contributed by atoms with Crippen molar-refractivity contribution in [2.75, 3.05) is 7.11 Å². The molecular weight excluding hydrogens is 310 g/mol. The fourth-order valence-corrected chi connectivity index (χ4v) is 2.95. The first-order valence-corrected chi connectivity index (χ1v) is 10.3. The minimum atomic E-state index is -0.360. The maximum absolute atomic E-state index is 11.2. The van der Waals surface area contributed by atoms with Crippen molar-refractivity contribution in [3.05, 3.63) is 19.6 Å². The van der Waals surface area contributed by atoms with E-state index in [1.807, 2.05) is 6.08 Å². The van der Waals surface area contributed by atoms with E-state index in [1.165, 1.54) is 97.0 Å². The summed E-state index contributed by atoms with van der Waals surface area (Å²) in [6.07, 6.45) is 24.4. The predicted octanol–water partition coefficient (Wildman–Crippen LogP) is 5.65. The number of hydrogen-bond donors (Lipinski definition) is 1. The number of ether oxygens (including phenoxy) is 1. The molecule has 0 aromatic heterocycles. The number of allylic oxidation sites excluding steroid dienone is 1. The second-order valence-corrected chi connectivity index (χ2v) is 6.94. The molecule has 1 atom stereocenters. The zero-order chi connectivity index (χ0) is 17.9. The molecule has 3 N–H and O–H groups in total. The molecule has 0 heterocycles. The van der Waals surface area contributed by atoms with E-state index in [0.29, 0.717) is 0 Å². The lowest BCUT2D eigenvalue weighted by Crippen LogP contribution is -2.64. The molecule has 25 heavy (non-hydrogen) atoms. The Morgan fingerprint density at radius 2 is 1.24 bits per heavy atom. The minimum Gasteiger partial charge on any atom is -0.464 e. The van der Waals surface area contributed by atoms with Gasteiger partial charge >= 0.3 is 5.97 Å². The first-order valence-electron chi connectivity index (χ1n) is 10.3. The highest BCUT2D eigenvalue weighted by Gasteiger charge is 2.12. The highest BCUT2D eigenvalue weighted by atomic mass is 16.5. The van der Waals surface area contributed by atoms with Crippen molar-refractivity contribution < 1.29 is 15.3 Å². The van der Waals surface area contributed by atoms with Crippen molar-refractivity contribution in [1.29, 1.82) is 0 Å². The first kappa shape index (κ1) is 26.4. The highest BCUT2D eigenvalue weighted by Crippen LogP contribution is 2.13. The topological polar surface area (TPSA) is 53.9 Å². The number of carbonyl (C=O) groups is 1. The predicted molar refractivity (Wildman–Crippen MR) is 109 cm³/mol. The number of quaternary nitrogens is 1. The minimum absolute atomic E-state index is 0. The number of carbonyl (C=O) groups excluding carboxylic acids is 1. The van der Waals surface area contributed by atoms with E-state index in [1.54, 1.807) is 0 Å². The lowest BCUT2D eigenvalue weighted by Gasteiger charge is -2.03. The van der Waals surface area contributed by atoms with Crippen molar-refractivity contribution in [3.8, 4) is 0 Å². The summed E-state index contributed by atoms with van der Waals surface area (Å²) < 4.78 is 4.64. The number of esters is 1. The fourth-order valence-electron chi connectivity index (χ4n) is 2.95. The van der Waals surface area contributed by atoms with Gasteiger partial charge < -0.3 is 17.9 Å². The monoisotopic (exact) mass is 355 g/mol. The van der Waals surface area contributed by atoms with Gasteiger partial charge in [0.05, 0.1) is 7.11 Å². The van der Waals surface area contributed by atoms with Gasteiger partial charge in [-0.25, -0.2) is 4.79 Å². The van der Waals surface area contributed by atoms with Crippen LogP contribution < -0.4 is 5.73 Å². The van der Waals surface area contributed by atoms with Gasteiger partial charge in [-0.05, 0) is 18.9 Å². The Balaban J connectivity index is 0. The van der Waals surface area contributed by atoms with Crippen LogP contribution in [0.25, 0.3) is 0 Å². The Morgan fingerprint density at radius 3 is 1.64 bits per heavy atom. The van der Waals surface area contributed by atoms with E-state index in [0.717, 1.165) is 6.42 Å². The number of methoxy groups -OCH3 is 1. The van der Waals surface area contributed by atoms with Crippen molar-refractivity contribution >= 4 is 5.97 Å². The van der Waals surface area contributed by atoms with Gasteiger partial charge in [-0.15, -0.1) is 0 Å². The molecule has 0 rings (SSSR count). The molecule has 0 aromatic carbocycles. The Morgan fingerprint density at radius 1 is 0.840 bits per heavy atom. The van der Waals surface area contributed by atoms with Crippen molar-refractivity contribution in [2.45, 2.75) is 109 Å². The largest absolute Gasteiger partial charge is 0.464 e. The van der Waals surface area contributed by atoms with Gasteiger partial charge in [0.15, 0.2) is 0 Å². The molecule has 3 nitrogen and oxygen atoms in total. The van der Waals surface area contributed by atoms with Gasteiger partial charge in [0.2, 0.25) is 6.04 Å². The first-order chi connectivity index (χ1) is 11.7. The van der Waals surface area contributed by atoms with E-state index < -0.39 is 0 Å². The summed E-state index contributed by atoms with van der Waals surface area (Å²) in [4.78, 5) is 11.2. The van der Waals surface area contributed by atoms with Crippen LogP contribution in [0.5, 0.6) is 0 Å². The molecule has 0 fully saturated rings. The van der Waals surface area contributed by atoms with Crippen LogP contribution in [-0.2, 0) is 9.53 Å². The third-order valence-corrected chi connectivity index (χ3v) is 4.60. The zero-order valence-corrected chi connectivity index (χ0v) is 17.4. The third kappa shape index (κ3) is 19.3. The average Bonchev–Trinajstić information content (AvgIpc) is 2.60. The summed E-state index contributed by atoms with van der Waals surface area (Å²) in [5.74, 6) is -0.257. The molecule has 0 amide bonds. The molecule has 0 aliphatic carbocycles. The van der Waals surface area contributed by atoms with Crippen LogP contribution in [0, 0.1) is 7.43 Å². The molecule has 0 spiro atoms. The SMILES string of the molecule is CCCCCCCCCCCCCCCC/C=C/C([NH3+])C(=O)OC.[CH3-]. The smallest absolute Gasteiger partial charge is 0.368 e. The summed E-state index contributed by atoms with van der Waals surface area (Å²) in [7, 11) is 1.40. The van der Waals surface area contributed by atoms with Crippen LogP contribution in [-0.4, -0.2) is 19.1 Å².